The molecule has 3 unspecified atom stereocenters. The van der Waals surface area contributed by atoms with Crippen LogP contribution in [0.4, 0.5) is 0 Å². The third-order valence-corrected chi connectivity index (χ3v) is 14.5. The first kappa shape index (κ1) is 74.9. The smallest absolute Gasteiger partial charge is 0.462 e. The molecule has 0 fully saturated rings. The summed E-state index contributed by atoms with van der Waals surface area (Å²) in [5.74, 6) is -1.49. The minimum Gasteiger partial charge on any atom is -0.462 e. The molecule has 0 saturated carbocycles. The molecule has 0 radical (unpaired) electrons. The molecule has 0 spiro atoms. The standard InChI is InChI=1S/C66H117O11P/c1-4-7-10-13-16-19-22-25-28-30-31-33-35-37-40-43-46-49-52-55-64(68)73-59-63(77-66(70)57-54-51-48-45-42-39-36-32-29-26-23-20-17-14-11-8-5-2)61-75-78(71,72)74-60-62(58-67)76-65(69)56-53-50-47-44-41-38-34-27-24-21-18-15-12-9-6-3/h16-17,19-20,25-29,31,33-34,62-63,67H,4-15,18,21-24,30,32,35-61H2,1-3H3,(H,71,72)/b19-16-,20-17-,28-25-,29-26-,33-31-,34-27-. The summed E-state index contributed by atoms with van der Waals surface area (Å²) >= 11 is 0. The van der Waals surface area contributed by atoms with Crippen molar-refractivity contribution in [2.24, 2.45) is 0 Å². The van der Waals surface area contributed by atoms with Crippen LogP contribution < -0.4 is 0 Å². The van der Waals surface area contributed by atoms with Gasteiger partial charge in [0.15, 0.2) is 6.10 Å². The molecular formula is C66H117O11P. The molecule has 0 saturated heterocycles. The first-order valence-corrected chi connectivity index (χ1v) is 33.3. The van der Waals surface area contributed by atoms with Crippen molar-refractivity contribution in [3.63, 3.8) is 0 Å². The Hall–Kier alpha value is -3.08. The van der Waals surface area contributed by atoms with Crippen LogP contribution in [0.3, 0.4) is 0 Å². The predicted octanol–water partition coefficient (Wildman–Crippen LogP) is 19.3. The lowest BCUT2D eigenvalue weighted by Gasteiger charge is -2.21. The molecule has 11 nitrogen and oxygen atoms in total. The minimum atomic E-state index is -4.76. The van der Waals surface area contributed by atoms with Crippen LogP contribution >= 0.6 is 7.82 Å². The third-order valence-electron chi connectivity index (χ3n) is 13.6. The van der Waals surface area contributed by atoms with Crippen molar-refractivity contribution in [1.82, 2.24) is 0 Å². The van der Waals surface area contributed by atoms with Crippen molar-refractivity contribution in [3.8, 4) is 0 Å². The van der Waals surface area contributed by atoms with Crippen molar-refractivity contribution >= 4 is 25.7 Å². The molecule has 0 aromatic heterocycles. The molecular weight excluding hydrogens is 1000 g/mol. The molecule has 12 heteroatoms. The lowest BCUT2D eigenvalue weighted by Crippen LogP contribution is -2.30. The van der Waals surface area contributed by atoms with Gasteiger partial charge in [0, 0.05) is 19.3 Å². The Kier molecular flexibility index (Phi) is 57.7. The number of carbonyl (C=O) groups is 3. The zero-order chi connectivity index (χ0) is 56.9. The summed E-state index contributed by atoms with van der Waals surface area (Å²) in [6.45, 7) is 4.59. The van der Waals surface area contributed by atoms with Crippen LogP contribution in [0, 0.1) is 0 Å². The van der Waals surface area contributed by atoms with Crippen molar-refractivity contribution < 1.29 is 52.2 Å². The summed E-state index contributed by atoms with van der Waals surface area (Å²) in [6.07, 6.45) is 68.4. The lowest BCUT2D eigenvalue weighted by molar-refractivity contribution is -0.161. The summed E-state index contributed by atoms with van der Waals surface area (Å²) in [7, 11) is -4.76. The zero-order valence-electron chi connectivity index (χ0n) is 50.1. The van der Waals surface area contributed by atoms with E-state index in [9.17, 15) is 28.9 Å². The van der Waals surface area contributed by atoms with Crippen LogP contribution in [0.25, 0.3) is 0 Å². The highest BCUT2D eigenvalue weighted by Gasteiger charge is 2.28. The molecule has 2 N–H and O–H groups in total. The number of rotatable bonds is 59. The Morgan fingerprint density at radius 2 is 0.628 bits per heavy atom. The van der Waals surface area contributed by atoms with Crippen molar-refractivity contribution in [3.05, 3.63) is 72.9 Å². The second-order valence-electron chi connectivity index (χ2n) is 21.2. The molecule has 452 valence electrons. The van der Waals surface area contributed by atoms with Crippen LogP contribution in [0.5, 0.6) is 0 Å². The van der Waals surface area contributed by atoms with Crippen LogP contribution in [0.15, 0.2) is 72.9 Å². The van der Waals surface area contributed by atoms with Gasteiger partial charge in [-0.05, 0) is 116 Å². The number of carbonyl (C=O) groups excluding carboxylic acids is 3. The van der Waals surface area contributed by atoms with E-state index in [1.54, 1.807) is 0 Å². The molecule has 78 heavy (non-hydrogen) atoms. The van der Waals surface area contributed by atoms with E-state index in [-0.39, 0.29) is 25.9 Å². The monoisotopic (exact) mass is 1120 g/mol. The topological polar surface area (TPSA) is 155 Å². The Labute approximate surface area is 478 Å². The van der Waals surface area contributed by atoms with E-state index < -0.39 is 57.8 Å². The van der Waals surface area contributed by atoms with Gasteiger partial charge in [-0.25, -0.2) is 4.57 Å². The van der Waals surface area contributed by atoms with Gasteiger partial charge in [-0.1, -0.05) is 229 Å². The van der Waals surface area contributed by atoms with Gasteiger partial charge in [-0.15, -0.1) is 0 Å². The van der Waals surface area contributed by atoms with Gasteiger partial charge >= 0.3 is 25.7 Å². The fourth-order valence-corrected chi connectivity index (χ4v) is 9.47. The molecule has 3 atom stereocenters. The van der Waals surface area contributed by atoms with Crippen molar-refractivity contribution in [1.29, 1.82) is 0 Å². The van der Waals surface area contributed by atoms with Gasteiger partial charge in [0.1, 0.15) is 12.7 Å². The first-order valence-electron chi connectivity index (χ1n) is 31.8. The highest BCUT2D eigenvalue weighted by atomic mass is 31.2. The second kappa shape index (κ2) is 60.0. The summed E-state index contributed by atoms with van der Waals surface area (Å²) in [4.78, 5) is 48.7. The molecule has 0 aromatic carbocycles. The average molecular weight is 1120 g/mol. The van der Waals surface area contributed by atoms with Gasteiger partial charge in [0.25, 0.3) is 0 Å². The van der Waals surface area contributed by atoms with Crippen LogP contribution in [0.2, 0.25) is 0 Å². The first-order chi connectivity index (χ1) is 38.2. The summed E-state index contributed by atoms with van der Waals surface area (Å²) in [5.41, 5.74) is 0. The van der Waals surface area contributed by atoms with E-state index in [1.807, 2.05) is 0 Å². The maximum Gasteiger partial charge on any atom is 0.472 e. The summed E-state index contributed by atoms with van der Waals surface area (Å²) in [6, 6.07) is 0. The molecule has 0 aliphatic rings. The van der Waals surface area contributed by atoms with E-state index in [0.29, 0.717) is 19.3 Å². The number of phosphoric ester groups is 1. The Bertz CT molecular complexity index is 1590. The maximum absolute atomic E-state index is 12.9. The lowest BCUT2D eigenvalue weighted by atomic mass is 10.1. The fourth-order valence-electron chi connectivity index (χ4n) is 8.68. The maximum atomic E-state index is 12.9. The van der Waals surface area contributed by atoms with Crippen LogP contribution in [-0.4, -0.2) is 66.5 Å². The number of hydrogen-bond donors (Lipinski definition) is 2. The molecule has 0 aliphatic carbocycles. The Balaban J connectivity index is 4.74. The van der Waals surface area contributed by atoms with E-state index >= 15 is 0 Å². The predicted molar refractivity (Wildman–Crippen MR) is 325 cm³/mol. The number of allylic oxidation sites excluding steroid dienone is 12. The molecule has 0 heterocycles. The van der Waals surface area contributed by atoms with E-state index in [2.05, 4.69) is 93.7 Å². The van der Waals surface area contributed by atoms with Crippen molar-refractivity contribution in [2.45, 2.75) is 303 Å². The number of unbranched alkanes of at least 4 members (excludes halogenated alkanes) is 30. The van der Waals surface area contributed by atoms with Gasteiger partial charge < -0.3 is 24.2 Å². The van der Waals surface area contributed by atoms with Gasteiger partial charge in [-0.3, -0.25) is 23.4 Å². The van der Waals surface area contributed by atoms with E-state index in [1.165, 1.54) is 103 Å². The quantitative estimate of drug-likeness (QED) is 0.0197. The Morgan fingerprint density at radius 3 is 1.00 bits per heavy atom. The van der Waals surface area contributed by atoms with Crippen LogP contribution in [-0.2, 0) is 42.2 Å². The molecule has 0 aromatic rings. The minimum absolute atomic E-state index is 0.154. The number of aliphatic hydroxyl groups is 1. The van der Waals surface area contributed by atoms with Gasteiger partial charge in [-0.2, -0.15) is 0 Å². The largest absolute Gasteiger partial charge is 0.472 e. The highest BCUT2D eigenvalue weighted by molar-refractivity contribution is 7.47. The normalized spacial score (nSPS) is 13.8. The van der Waals surface area contributed by atoms with Gasteiger partial charge in [0.05, 0.1) is 19.8 Å². The second-order valence-corrected chi connectivity index (χ2v) is 22.7. The molecule has 0 rings (SSSR count). The summed E-state index contributed by atoms with van der Waals surface area (Å²) < 4.78 is 39.6. The Morgan fingerprint density at radius 1 is 0.359 bits per heavy atom. The SMILES string of the molecule is CCCCC/C=C\C/C=C\C/C=C\CCCCCCCCC(=O)OCC(COP(=O)(O)OCC(CO)OC(=O)CCCCCCC/C=C\CCCCCCCC)OC(=O)CCCCCCCCC/C=C\C/C=C\CCCCC. The zero-order valence-corrected chi connectivity index (χ0v) is 51.0. The molecule has 0 amide bonds. The number of ether oxygens (including phenoxy) is 3. The fraction of sp³-hybridized carbons (Fsp3) is 0.773. The number of aliphatic hydroxyl groups excluding tert-OH is 1. The number of phosphoric acid groups is 1. The summed E-state index contributed by atoms with van der Waals surface area (Å²) in [5, 5.41) is 9.84. The van der Waals surface area contributed by atoms with Crippen molar-refractivity contribution in [2.75, 3.05) is 26.4 Å². The molecule has 0 aliphatic heterocycles. The highest BCUT2D eigenvalue weighted by Crippen LogP contribution is 2.43. The van der Waals surface area contributed by atoms with Gasteiger partial charge in [0.2, 0.25) is 0 Å². The number of hydrogen-bond acceptors (Lipinski definition) is 10. The third kappa shape index (κ3) is 57.6. The number of esters is 3. The molecule has 0 bridgehead atoms. The average Bonchev–Trinajstić information content (AvgIpc) is 3.43. The van der Waals surface area contributed by atoms with E-state index in [0.717, 1.165) is 128 Å². The van der Waals surface area contributed by atoms with E-state index in [4.69, 9.17) is 23.3 Å². The van der Waals surface area contributed by atoms with Crippen LogP contribution in [0.1, 0.15) is 290 Å².